The topological polar surface area (TPSA) is 106 Å². The smallest absolute Gasteiger partial charge is 0.257 e. The van der Waals surface area contributed by atoms with Crippen LogP contribution < -0.4 is 10.1 Å². The van der Waals surface area contributed by atoms with Gasteiger partial charge in [0.15, 0.2) is 9.84 Å². The highest BCUT2D eigenvalue weighted by Crippen LogP contribution is 2.27. The predicted octanol–water partition coefficient (Wildman–Crippen LogP) is 2.70. The maximum atomic E-state index is 13.7. The Balaban J connectivity index is 1.79. The third kappa shape index (κ3) is 5.51. The average molecular weight is 422 g/mol. The van der Waals surface area contributed by atoms with Gasteiger partial charge in [0.25, 0.3) is 5.91 Å². The van der Waals surface area contributed by atoms with Crippen LogP contribution in [0.1, 0.15) is 36.0 Å². The van der Waals surface area contributed by atoms with E-state index in [1.165, 1.54) is 24.3 Å². The van der Waals surface area contributed by atoms with Crippen molar-refractivity contribution in [2.75, 3.05) is 12.9 Å². The molecule has 0 radical (unpaired) electrons. The molecule has 1 saturated carbocycles. The molecule has 1 aliphatic rings. The van der Waals surface area contributed by atoms with Crippen molar-refractivity contribution in [3.05, 3.63) is 47.9 Å². The Morgan fingerprint density at radius 3 is 2.66 bits per heavy atom. The van der Waals surface area contributed by atoms with Gasteiger partial charge in [-0.1, -0.05) is 6.07 Å². The molecule has 1 fully saturated rings. The van der Waals surface area contributed by atoms with E-state index in [1.807, 2.05) is 0 Å². The minimum atomic E-state index is -3.43. The number of nitrogens with one attached hydrogen (secondary N) is 1. The molecule has 0 spiro atoms. The fourth-order valence-electron chi connectivity index (χ4n) is 3.30. The van der Waals surface area contributed by atoms with E-state index in [0.717, 1.165) is 44.2 Å². The number of ether oxygens (including phenoxy) is 1. The van der Waals surface area contributed by atoms with E-state index in [4.69, 9.17) is 4.74 Å². The second-order valence-corrected chi connectivity index (χ2v) is 9.24. The number of hydrogen-bond donors (Lipinski definition) is 2. The highest BCUT2D eigenvalue weighted by atomic mass is 32.2. The van der Waals surface area contributed by atoms with Crippen LogP contribution in [0.25, 0.3) is 0 Å². The van der Waals surface area contributed by atoms with Gasteiger partial charge in [-0.2, -0.15) is 0 Å². The molecule has 9 heteroatoms. The van der Waals surface area contributed by atoms with E-state index in [-0.39, 0.29) is 40.7 Å². The summed E-state index contributed by atoms with van der Waals surface area (Å²) in [5.41, 5.74) is -0.0703. The molecule has 1 aromatic carbocycles. The zero-order valence-electron chi connectivity index (χ0n) is 16.0. The van der Waals surface area contributed by atoms with Crippen LogP contribution in [0.2, 0.25) is 0 Å². The van der Waals surface area contributed by atoms with Crippen LogP contribution in [0.3, 0.4) is 0 Å². The Morgan fingerprint density at radius 2 is 2.00 bits per heavy atom. The number of amides is 1. The summed E-state index contributed by atoms with van der Waals surface area (Å²) in [6, 6.07) is 6.74. The molecule has 0 unspecified atom stereocenters. The maximum Gasteiger partial charge on any atom is 0.257 e. The van der Waals surface area contributed by atoms with Crippen molar-refractivity contribution in [1.82, 2.24) is 10.3 Å². The lowest BCUT2D eigenvalue weighted by Crippen LogP contribution is -2.38. The first-order chi connectivity index (χ1) is 13.8. The fourth-order valence-corrected chi connectivity index (χ4v) is 3.96. The van der Waals surface area contributed by atoms with Crippen LogP contribution in [0.15, 0.2) is 41.4 Å². The highest BCUT2D eigenvalue weighted by Gasteiger charge is 2.24. The van der Waals surface area contributed by atoms with E-state index in [9.17, 15) is 22.7 Å². The third-order valence-corrected chi connectivity index (χ3v) is 6.06. The number of halogens is 1. The maximum absolute atomic E-state index is 13.7. The van der Waals surface area contributed by atoms with Gasteiger partial charge in [-0.25, -0.2) is 17.8 Å². The SMILES string of the molecule is CS(=O)(=O)c1cccc(Oc2ncc(F)cc2C(=O)N[C@H]2CC[C@@H](CO)CC2)c1. The van der Waals surface area contributed by atoms with Crippen LogP contribution >= 0.6 is 0 Å². The zero-order chi connectivity index (χ0) is 21.0. The van der Waals surface area contributed by atoms with Gasteiger partial charge in [0.1, 0.15) is 17.1 Å². The minimum Gasteiger partial charge on any atom is -0.438 e. The normalized spacial score (nSPS) is 19.6. The number of pyridine rings is 1. The molecular weight excluding hydrogens is 399 g/mol. The second kappa shape index (κ2) is 8.87. The van der Waals surface area contributed by atoms with Gasteiger partial charge >= 0.3 is 0 Å². The summed E-state index contributed by atoms with van der Waals surface area (Å²) in [6.07, 6.45) is 5.08. The molecule has 0 bridgehead atoms. The summed E-state index contributed by atoms with van der Waals surface area (Å²) in [6.45, 7) is 0.138. The molecule has 0 aliphatic heterocycles. The third-order valence-electron chi connectivity index (χ3n) is 4.95. The van der Waals surface area contributed by atoms with Crippen molar-refractivity contribution in [2.45, 2.75) is 36.6 Å². The van der Waals surface area contributed by atoms with E-state index in [1.54, 1.807) is 0 Å². The number of hydrogen-bond acceptors (Lipinski definition) is 6. The van der Waals surface area contributed by atoms with Gasteiger partial charge in [-0.05, 0) is 55.9 Å². The van der Waals surface area contributed by atoms with Crippen LogP contribution in [-0.2, 0) is 9.84 Å². The summed E-state index contributed by atoms with van der Waals surface area (Å²) in [7, 11) is -3.43. The summed E-state index contributed by atoms with van der Waals surface area (Å²) in [5, 5.41) is 12.1. The molecule has 29 heavy (non-hydrogen) atoms. The first kappa shape index (κ1) is 21.2. The van der Waals surface area contributed by atoms with Crippen molar-refractivity contribution < 1.29 is 27.4 Å². The Hall–Kier alpha value is -2.52. The largest absolute Gasteiger partial charge is 0.438 e. The summed E-state index contributed by atoms with van der Waals surface area (Å²) < 4.78 is 42.8. The van der Waals surface area contributed by atoms with Crippen LogP contribution in [-0.4, -0.2) is 43.3 Å². The molecule has 1 aromatic heterocycles. The van der Waals surface area contributed by atoms with Crippen molar-refractivity contribution in [2.24, 2.45) is 5.92 Å². The second-order valence-electron chi connectivity index (χ2n) is 7.23. The molecular formula is C20H23FN2O5S. The number of aromatic nitrogens is 1. The Bertz CT molecular complexity index is 988. The molecule has 1 aliphatic carbocycles. The monoisotopic (exact) mass is 422 g/mol. The number of nitrogens with zero attached hydrogens (tertiary/aromatic N) is 1. The average Bonchev–Trinajstić information content (AvgIpc) is 2.69. The first-order valence-electron chi connectivity index (χ1n) is 9.31. The Morgan fingerprint density at radius 1 is 1.28 bits per heavy atom. The van der Waals surface area contributed by atoms with Gasteiger partial charge in [-0.3, -0.25) is 4.79 Å². The van der Waals surface area contributed by atoms with Crippen LogP contribution in [0, 0.1) is 11.7 Å². The van der Waals surface area contributed by atoms with Crippen LogP contribution in [0.5, 0.6) is 11.6 Å². The van der Waals surface area contributed by atoms with Gasteiger partial charge in [0, 0.05) is 18.9 Å². The highest BCUT2D eigenvalue weighted by molar-refractivity contribution is 7.90. The number of sulfone groups is 1. The van der Waals surface area contributed by atoms with E-state index in [2.05, 4.69) is 10.3 Å². The van der Waals surface area contributed by atoms with E-state index in [0.29, 0.717) is 0 Å². The molecule has 1 amide bonds. The zero-order valence-corrected chi connectivity index (χ0v) is 16.8. The van der Waals surface area contributed by atoms with E-state index >= 15 is 0 Å². The molecule has 0 atom stereocenters. The number of aliphatic hydroxyl groups is 1. The van der Waals surface area contributed by atoms with Crippen molar-refractivity contribution in [3.63, 3.8) is 0 Å². The molecule has 7 nitrogen and oxygen atoms in total. The standard InChI is InChI=1S/C20H23FN2O5S/c1-29(26,27)17-4-2-3-16(10-17)28-20-18(9-14(21)11-22-20)19(25)23-15-7-5-13(12-24)6-8-15/h2-4,9-11,13,15,24H,5-8,12H2,1H3,(H,23,25)/t13-,15+. The number of carbonyl (C=O) groups is 1. The molecule has 3 rings (SSSR count). The number of carbonyl (C=O) groups excluding carboxylic acids is 1. The van der Waals surface area contributed by atoms with Gasteiger partial charge in [0.2, 0.25) is 5.88 Å². The Labute approximate surface area is 168 Å². The quantitative estimate of drug-likeness (QED) is 0.742. The number of aliphatic hydroxyl groups excluding tert-OH is 1. The van der Waals surface area contributed by atoms with Crippen LogP contribution in [0.4, 0.5) is 4.39 Å². The Kier molecular flexibility index (Phi) is 6.49. The fraction of sp³-hybridized carbons (Fsp3) is 0.400. The molecule has 156 valence electrons. The lowest BCUT2D eigenvalue weighted by Gasteiger charge is -2.28. The molecule has 2 aromatic rings. The molecule has 2 N–H and O–H groups in total. The van der Waals surface area contributed by atoms with Crippen molar-refractivity contribution in [1.29, 1.82) is 0 Å². The lowest BCUT2D eigenvalue weighted by molar-refractivity contribution is 0.0910. The summed E-state index contributed by atoms with van der Waals surface area (Å²) in [4.78, 5) is 16.6. The number of benzene rings is 1. The van der Waals surface area contributed by atoms with Gasteiger partial charge in [0.05, 0.1) is 11.1 Å². The van der Waals surface area contributed by atoms with E-state index < -0.39 is 21.6 Å². The molecule has 0 saturated heterocycles. The molecule has 1 heterocycles. The van der Waals surface area contributed by atoms with Gasteiger partial charge < -0.3 is 15.2 Å². The minimum absolute atomic E-state index is 0.0590. The van der Waals surface area contributed by atoms with Crippen molar-refractivity contribution in [3.8, 4) is 11.6 Å². The van der Waals surface area contributed by atoms with Gasteiger partial charge in [-0.15, -0.1) is 0 Å². The predicted molar refractivity (Wildman–Crippen MR) is 104 cm³/mol. The lowest BCUT2D eigenvalue weighted by atomic mass is 9.86. The first-order valence-corrected chi connectivity index (χ1v) is 11.2. The summed E-state index contributed by atoms with van der Waals surface area (Å²) in [5.74, 6) is -0.891. The summed E-state index contributed by atoms with van der Waals surface area (Å²) >= 11 is 0. The number of rotatable bonds is 6. The van der Waals surface area contributed by atoms with Crippen molar-refractivity contribution >= 4 is 15.7 Å².